The molecule has 0 saturated heterocycles. The first-order valence-electron chi connectivity index (χ1n) is 10.8. The van der Waals surface area contributed by atoms with Crippen molar-refractivity contribution in [2.75, 3.05) is 10.6 Å². The molecule has 0 aliphatic heterocycles. The quantitative estimate of drug-likeness (QED) is 0.383. The molecule has 4 rings (SSSR count). The van der Waals surface area contributed by atoms with Crippen LogP contribution in [0.1, 0.15) is 48.0 Å². The Hall–Kier alpha value is -2.79. The molecule has 2 N–H and O–H groups in total. The van der Waals surface area contributed by atoms with Crippen LogP contribution in [0.2, 0.25) is 0 Å². The fourth-order valence-corrected chi connectivity index (χ4v) is 4.23. The lowest BCUT2D eigenvalue weighted by Gasteiger charge is -2.25. The van der Waals surface area contributed by atoms with Gasteiger partial charge in [-0.1, -0.05) is 65.5 Å². The predicted octanol–water partition coefficient (Wildman–Crippen LogP) is 7.03. The van der Waals surface area contributed by atoms with E-state index in [2.05, 4.69) is 26.6 Å². The van der Waals surface area contributed by atoms with E-state index in [9.17, 15) is 4.79 Å². The molecule has 0 unspecified atom stereocenters. The molecule has 1 aliphatic rings. The summed E-state index contributed by atoms with van der Waals surface area (Å²) in [5.74, 6) is 0.640. The fraction of sp³-hybridized carbons (Fsp3) is 0.269. The minimum atomic E-state index is -0.127. The highest BCUT2D eigenvalue weighted by Gasteiger charge is 2.18. The summed E-state index contributed by atoms with van der Waals surface area (Å²) in [5, 5.41) is 6.59. The summed E-state index contributed by atoms with van der Waals surface area (Å²) < 4.78 is 6.71. The van der Waals surface area contributed by atoms with Gasteiger partial charge in [0.05, 0.1) is 5.56 Å². The highest BCUT2D eigenvalue weighted by atomic mass is 79.9. The Kier molecular flexibility index (Phi) is 7.26. The average Bonchev–Trinajstić information content (AvgIpc) is 2.81. The Morgan fingerprint density at radius 1 is 0.935 bits per heavy atom. The molecule has 4 nitrogen and oxygen atoms in total. The molecule has 0 bridgehead atoms. The van der Waals surface area contributed by atoms with E-state index in [1.54, 1.807) is 0 Å². The van der Waals surface area contributed by atoms with Crippen LogP contribution in [0.25, 0.3) is 0 Å². The zero-order valence-corrected chi connectivity index (χ0v) is 19.0. The molecule has 3 aromatic rings. The molecule has 3 aromatic carbocycles. The fourth-order valence-electron chi connectivity index (χ4n) is 3.87. The van der Waals surface area contributed by atoms with Crippen LogP contribution in [0.4, 0.5) is 11.4 Å². The molecule has 1 amide bonds. The molecule has 0 heterocycles. The van der Waals surface area contributed by atoms with Gasteiger partial charge in [0.25, 0.3) is 5.91 Å². The van der Waals surface area contributed by atoms with Gasteiger partial charge < -0.3 is 15.4 Å². The number of rotatable bonds is 7. The molecule has 1 aliphatic carbocycles. The number of carbonyl (C=O) groups is 1. The van der Waals surface area contributed by atoms with Crippen molar-refractivity contribution < 1.29 is 9.53 Å². The molecule has 31 heavy (non-hydrogen) atoms. The minimum absolute atomic E-state index is 0.127. The number of hydrogen-bond acceptors (Lipinski definition) is 3. The van der Waals surface area contributed by atoms with Crippen LogP contribution in [0, 0.1) is 0 Å². The maximum Gasteiger partial charge on any atom is 0.257 e. The third-order valence-electron chi connectivity index (χ3n) is 5.55. The van der Waals surface area contributed by atoms with Crippen molar-refractivity contribution in [3.8, 4) is 5.75 Å². The van der Waals surface area contributed by atoms with E-state index in [4.69, 9.17) is 4.74 Å². The van der Waals surface area contributed by atoms with E-state index in [-0.39, 0.29) is 5.91 Å². The lowest BCUT2D eigenvalue weighted by Crippen LogP contribution is -2.24. The maximum atomic E-state index is 13.0. The second-order valence-corrected chi connectivity index (χ2v) is 8.84. The van der Waals surface area contributed by atoms with Crippen molar-refractivity contribution in [1.29, 1.82) is 0 Å². The molecule has 0 radical (unpaired) electrons. The van der Waals surface area contributed by atoms with Gasteiger partial charge in [-0.25, -0.2) is 0 Å². The molecule has 5 heteroatoms. The van der Waals surface area contributed by atoms with Crippen LogP contribution in [0.3, 0.4) is 0 Å². The van der Waals surface area contributed by atoms with Crippen LogP contribution >= 0.6 is 15.9 Å². The smallest absolute Gasteiger partial charge is 0.257 e. The number of hydrogen-bond donors (Lipinski definition) is 2. The van der Waals surface area contributed by atoms with E-state index in [0.29, 0.717) is 18.2 Å². The van der Waals surface area contributed by atoms with Crippen LogP contribution in [-0.2, 0) is 6.61 Å². The third kappa shape index (κ3) is 6.11. The van der Waals surface area contributed by atoms with E-state index < -0.39 is 0 Å². The van der Waals surface area contributed by atoms with Gasteiger partial charge in [0.1, 0.15) is 12.4 Å². The number of halogens is 1. The summed E-state index contributed by atoms with van der Waals surface area (Å²) in [6.45, 7) is 0.515. The zero-order chi connectivity index (χ0) is 21.5. The zero-order valence-electron chi connectivity index (χ0n) is 17.4. The number of carbonyl (C=O) groups excluding carboxylic acids is 1. The first-order valence-corrected chi connectivity index (χ1v) is 11.6. The van der Waals surface area contributed by atoms with Crippen LogP contribution < -0.4 is 15.4 Å². The summed E-state index contributed by atoms with van der Waals surface area (Å²) >= 11 is 3.50. The summed E-state index contributed by atoms with van der Waals surface area (Å²) in [6.07, 6.45) is 6.10. The van der Waals surface area contributed by atoms with Crippen molar-refractivity contribution in [3.05, 3.63) is 88.4 Å². The SMILES string of the molecule is O=C(Nc1ccc(OCc2ccccc2)cc1)c1cc(Br)ccc1NC1CCCCC1. The number of ether oxygens (including phenoxy) is 1. The lowest BCUT2D eigenvalue weighted by atomic mass is 9.95. The normalized spacial score (nSPS) is 14.1. The second-order valence-electron chi connectivity index (χ2n) is 7.92. The molecule has 0 atom stereocenters. The molecular weight excluding hydrogens is 452 g/mol. The van der Waals surface area contributed by atoms with Gasteiger partial charge in [-0.05, 0) is 60.9 Å². The van der Waals surface area contributed by atoms with Gasteiger partial charge in [-0.15, -0.1) is 0 Å². The first-order chi connectivity index (χ1) is 15.2. The van der Waals surface area contributed by atoms with Gasteiger partial charge in [-0.3, -0.25) is 4.79 Å². The number of amides is 1. The summed E-state index contributed by atoms with van der Waals surface area (Å²) in [4.78, 5) is 13.0. The highest BCUT2D eigenvalue weighted by Crippen LogP contribution is 2.27. The average molecular weight is 479 g/mol. The summed E-state index contributed by atoms with van der Waals surface area (Å²) in [5.41, 5.74) is 3.38. The topological polar surface area (TPSA) is 50.4 Å². The van der Waals surface area contributed by atoms with Crippen molar-refractivity contribution in [3.63, 3.8) is 0 Å². The monoisotopic (exact) mass is 478 g/mol. The lowest BCUT2D eigenvalue weighted by molar-refractivity contribution is 0.102. The molecular formula is C26H27BrN2O2. The predicted molar refractivity (Wildman–Crippen MR) is 130 cm³/mol. The minimum Gasteiger partial charge on any atom is -0.489 e. The van der Waals surface area contributed by atoms with Crippen LogP contribution in [0.5, 0.6) is 5.75 Å². The molecule has 0 spiro atoms. The van der Waals surface area contributed by atoms with Gasteiger partial charge in [0, 0.05) is 21.9 Å². The Bertz CT molecular complexity index is 1000. The van der Waals surface area contributed by atoms with Crippen molar-refractivity contribution in [2.24, 2.45) is 0 Å². The van der Waals surface area contributed by atoms with Gasteiger partial charge in [-0.2, -0.15) is 0 Å². The van der Waals surface area contributed by atoms with Crippen LogP contribution in [0.15, 0.2) is 77.3 Å². The number of benzene rings is 3. The number of anilines is 2. The Morgan fingerprint density at radius 2 is 1.68 bits per heavy atom. The summed E-state index contributed by atoms with van der Waals surface area (Å²) in [6, 6.07) is 23.8. The molecule has 1 fully saturated rings. The molecule has 0 aromatic heterocycles. The molecule has 160 valence electrons. The highest BCUT2D eigenvalue weighted by molar-refractivity contribution is 9.10. The van der Waals surface area contributed by atoms with Gasteiger partial charge in [0.15, 0.2) is 0 Å². The third-order valence-corrected chi connectivity index (χ3v) is 6.04. The van der Waals surface area contributed by atoms with Crippen molar-refractivity contribution in [1.82, 2.24) is 0 Å². The van der Waals surface area contributed by atoms with E-state index in [1.165, 1.54) is 19.3 Å². The van der Waals surface area contributed by atoms with Crippen LogP contribution in [-0.4, -0.2) is 11.9 Å². The Labute approximate surface area is 192 Å². The Balaban J connectivity index is 1.40. The maximum absolute atomic E-state index is 13.0. The first kappa shape index (κ1) is 21.4. The molecule has 1 saturated carbocycles. The van der Waals surface area contributed by atoms with Crippen molar-refractivity contribution in [2.45, 2.75) is 44.8 Å². The Morgan fingerprint density at radius 3 is 2.42 bits per heavy atom. The standard InChI is InChI=1S/C26H27BrN2O2/c27-20-11-16-25(28-21-9-5-2-6-10-21)24(17-20)26(30)29-22-12-14-23(15-13-22)31-18-19-7-3-1-4-8-19/h1,3-4,7-8,11-17,21,28H,2,5-6,9-10,18H2,(H,29,30). The largest absolute Gasteiger partial charge is 0.489 e. The van der Waals surface area contributed by atoms with E-state index in [1.807, 2.05) is 72.8 Å². The van der Waals surface area contributed by atoms with Gasteiger partial charge >= 0.3 is 0 Å². The number of nitrogens with one attached hydrogen (secondary N) is 2. The second kappa shape index (κ2) is 10.5. The van der Waals surface area contributed by atoms with E-state index in [0.717, 1.165) is 40.0 Å². The summed E-state index contributed by atoms with van der Waals surface area (Å²) in [7, 11) is 0. The van der Waals surface area contributed by atoms with E-state index >= 15 is 0 Å². The van der Waals surface area contributed by atoms with Gasteiger partial charge in [0.2, 0.25) is 0 Å². The van der Waals surface area contributed by atoms with Crippen molar-refractivity contribution >= 4 is 33.2 Å².